The molecular weight excluding hydrogens is 284 g/mol. The topological polar surface area (TPSA) is 39.3 Å². The fourth-order valence-electron chi connectivity index (χ4n) is 5.24. The molecule has 3 heteroatoms. The van der Waals surface area contributed by atoms with Gasteiger partial charge in [0, 0.05) is 29.7 Å². The summed E-state index contributed by atoms with van der Waals surface area (Å²) in [5.74, 6) is 0. The number of fused-ring (bicyclic) bond motifs is 5. The number of nitrogens with zero attached hydrogens (tertiary/aromatic N) is 1. The summed E-state index contributed by atoms with van der Waals surface area (Å²) in [6, 6.07) is 9.26. The van der Waals surface area contributed by atoms with E-state index >= 15 is 0 Å². The van der Waals surface area contributed by atoms with Gasteiger partial charge in [0.05, 0.1) is 6.04 Å². The summed E-state index contributed by atoms with van der Waals surface area (Å²) in [7, 11) is 0. The van der Waals surface area contributed by atoms with E-state index < -0.39 is 0 Å². The Morgan fingerprint density at radius 3 is 3.00 bits per heavy atom. The van der Waals surface area contributed by atoms with E-state index in [1.54, 1.807) is 5.56 Å². The Balaban J connectivity index is 1.83. The number of rotatable bonds is 4. The van der Waals surface area contributed by atoms with Crippen LogP contribution in [0.15, 0.2) is 24.3 Å². The van der Waals surface area contributed by atoms with Crippen LogP contribution in [0.4, 0.5) is 0 Å². The zero-order valence-corrected chi connectivity index (χ0v) is 14.1. The van der Waals surface area contributed by atoms with Gasteiger partial charge < -0.3 is 10.1 Å². The molecule has 2 aromatic rings. The quantitative estimate of drug-likeness (QED) is 0.894. The van der Waals surface area contributed by atoms with Gasteiger partial charge in [-0.2, -0.15) is 0 Å². The number of nitrogens with one attached hydrogen (secondary N) is 1. The molecule has 2 aliphatic heterocycles. The second kappa shape index (κ2) is 5.95. The highest BCUT2D eigenvalue weighted by molar-refractivity contribution is 5.85. The Hall–Kier alpha value is -1.32. The van der Waals surface area contributed by atoms with Crippen molar-refractivity contribution in [3.05, 3.63) is 35.5 Å². The number of H-pyrrole nitrogens is 1. The highest BCUT2D eigenvalue weighted by Crippen LogP contribution is 2.53. The lowest BCUT2D eigenvalue weighted by Gasteiger charge is -2.52. The number of hydrogen-bond acceptors (Lipinski definition) is 2. The predicted octanol–water partition coefficient (Wildman–Crippen LogP) is 4.03. The molecule has 0 saturated carbocycles. The summed E-state index contributed by atoms with van der Waals surface area (Å²) in [5, 5.41) is 10.8. The molecule has 3 nitrogen and oxygen atoms in total. The lowest BCUT2D eigenvalue weighted by atomic mass is 9.65. The standard InChI is InChI=1S/C20H28N2O/c1-2-20(11-6-14-23)10-5-12-22-13-9-16-15-7-3-4-8-17(15)21-18(16)19(20)22/h3-4,7-8,19,21,23H,2,5-6,9-14H2,1H3/t19-,20-/m1/s1. The van der Waals surface area contributed by atoms with Gasteiger partial charge in [-0.3, -0.25) is 4.90 Å². The minimum atomic E-state index is 0.314. The average Bonchev–Trinajstić information content (AvgIpc) is 2.98. The van der Waals surface area contributed by atoms with E-state index in [0.717, 1.165) is 19.3 Å². The summed E-state index contributed by atoms with van der Waals surface area (Å²) < 4.78 is 0. The van der Waals surface area contributed by atoms with Gasteiger partial charge in [-0.25, -0.2) is 0 Å². The van der Waals surface area contributed by atoms with E-state index in [1.807, 2.05) is 0 Å². The first-order valence-electron chi connectivity index (χ1n) is 9.23. The molecule has 23 heavy (non-hydrogen) atoms. The fourth-order valence-corrected chi connectivity index (χ4v) is 5.24. The maximum absolute atomic E-state index is 9.39. The Morgan fingerprint density at radius 1 is 1.30 bits per heavy atom. The maximum atomic E-state index is 9.39. The van der Waals surface area contributed by atoms with Gasteiger partial charge in [-0.15, -0.1) is 0 Å². The smallest absolute Gasteiger partial charge is 0.0558 e. The highest BCUT2D eigenvalue weighted by Gasteiger charge is 2.46. The number of benzene rings is 1. The first-order chi connectivity index (χ1) is 11.3. The van der Waals surface area contributed by atoms with Crippen molar-refractivity contribution in [2.45, 2.75) is 51.5 Å². The molecule has 0 amide bonds. The van der Waals surface area contributed by atoms with Crippen molar-refractivity contribution in [2.24, 2.45) is 5.41 Å². The van der Waals surface area contributed by atoms with Crippen molar-refractivity contribution >= 4 is 10.9 Å². The number of aliphatic hydroxyl groups is 1. The van der Waals surface area contributed by atoms with Crippen LogP contribution in [-0.2, 0) is 6.42 Å². The molecule has 0 aliphatic carbocycles. The molecule has 0 bridgehead atoms. The second-order valence-electron chi connectivity index (χ2n) is 7.40. The normalized spacial score (nSPS) is 27.8. The van der Waals surface area contributed by atoms with Gasteiger partial charge in [0.1, 0.15) is 0 Å². The average molecular weight is 312 g/mol. The van der Waals surface area contributed by atoms with Gasteiger partial charge in [0.25, 0.3) is 0 Å². The van der Waals surface area contributed by atoms with Gasteiger partial charge in [0.15, 0.2) is 0 Å². The van der Waals surface area contributed by atoms with Crippen molar-refractivity contribution in [1.82, 2.24) is 9.88 Å². The fraction of sp³-hybridized carbons (Fsp3) is 0.600. The van der Waals surface area contributed by atoms with E-state index in [-0.39, 0.29) is 0 Å². The zero-order valence-electron chi connectivity index (χ0n) is 14.1. The molecule has 1 fully saturated rings. The summed E-state index contributed by atoms with van der Waals surface area (Å²) in [6.45, 7) is 5.06. The van der Waals surface area contributed by atoms with E-state index in [0.29, 0.717) is 18.1 Å². The van der Waals surface area contributed by atoms with Crippen LogP contribution >= 0.6 is 0 Å². The number of hydrogen-bond donors (Lipinski definition) is 2. The van der Waals surface area contributed by atoms with Crippen LogP contribution in [0.3, 0.4) is 0 Å². The summed E-state index contributed by atoms with van der Waals surface area (Å²) in [6.07, 6.45) is 7.01. The van der Waals surface area contributed by atoms with E-state index in [2.05, 4.69) is 41.1 Å². The van der Waals surface area contributed by atoms with Crippen molar-refractivity contribution in [3.8, 4) is 0 Å². The maximum Gasteiger partial charge on any atom is 0.0558 e. The van der Waals surface area contributed by atoms with Crippen LogP contribution in [0.25, 0.3) is 10.9 Å². The molecule has 2 aliphatic rings. The van der Waals surface area contributed by atoms with Crippen molar-refractivity contribution in [1.29, 1.82) is 0 Å². The van der Waals surface area contributed by atoms with Crippen molar-refractivity contribution < 1.29 is 5.11 Å². The molecule has 124 valence electrons. The first kappa shape index (κ1) is 15.2. The molecule has 1 aromatic carbocycles. The summed E-state index contributed by atoms with van der Waals surface area (Å²) in [4.78, 5) is 6.49. The largest absolute Gasteiger partial charge is 0.396 e. The highest BCUT2D eigenvalue weighted by atomic mass is 16.2. The Morgan fingerprint density at radius 2 is 2.17 bits per heavy atom. The predicted molar refractivity (Wildman–Crippen MR) is 94.6 cm³/mol. The lowest BCUT2D eigenvalue weighted by molar-refractivity contribution is -0.0110. The third kappa shape index (κ3) is 2.33. The Kier molecular flexibility index (Phi) is 3.94. The van der Waals surface area contributed by atoms with Gasteiger partial charge in [-0.1, -0.05) is 25.1 Å². The van der Waals surface area contributed by atoms with Crippen LogP contribution in [-0.4, -0.2) is 34.7 Å². The number of aromatic amines is 1. The van der Waals surface area contributed by atoms with Gasteiger partial charge in [0.2, 0.25) is 0 Å². The SMILES string of the molecule is CC[C@]1(CCCO)CCCN2CCc3c([nH]c4ccccc34)[C@@H]21. The van der Waals surface area contributed by atoms with Crippen LogP contribution in [0.2, 0.25) is 0 Å². The van der Waals surface area contributed by atoms with Crippen LogP contribution in [0, 0.1) is 5.41 Å². The molecule has 0 radical (unpaired) electrons. The minimum absolute atomic E-state index is 0.314. The van der Waals surface area contributed by atoms with Crippen LogP contribution in [0.5, 0.6) is 0 Å². The summed E-state index contributed by atoms with van der Waals surface area (Å²) in [5.41, 5.74) is 4.62. The Labute approximate surface area is 138 Å². The van der Waals surface area contributed by atoms with Crippen molar-refractivity contribution in [2.75, 3.05) is 19.7 Å². The molecule has 2 atom stereocenters. The number of aromatic nitrogens is 1. The molecule has 0 spiro atoms. The van der Waals surface area contributed by atoms with Gasteiger partial charge in [-0.05, 0) is 62.1 Å². The lowest BCUT2D eigenvalue weighted by Crippen LogP contribution is -2.49. The first-order valence-corrected chi connectivity index (χ1v) is 9.23. The van der Waals surface area contributed by atoms with Crippen LogP contribution in [0.1, 0.15) is 56.3 Å². The van der Waals surface area contributed by atoms with Gasteiger partial charge >= 0.3 is 0 Å². The monoisotopic (exact) mass is 312 g/mol. The molecule has 1 saturated heterocycles. The molecule has 4 rings (SSSR count). The third-order valence-electron chi connectivity index (χ3n) is 6.37. The Bertz CT molecular complexity index is 692. The zero-order chi connectivity index (χ0) is 15.9. The number of aliphatic hydroxyl groups excluding tert-OH is 1. The molecule has 0 unspecified atom stereocenters. The number of para-hydroxylation sites is 1. The molecular formula is C20H28N2O. The number of piperidine rings is 1. The van der Waals surface area contributed by atoms with E-state index in [4.69, 9.17) is 0 Å². The van der Waals surface area contributed by atoms with E-state index in [9.17, 15) is 5.11 Å². The second-order valence-corrected chi connectivity index (χ2v) is 7.40. The van der Waals surface area contributed by atoms with Crippen LogP contribution < -0.4 is 0 Å². The third-order valence-corrected chi connectivity index (χ3v) is 6.37. The minimum Gasteiger partial charge on any atom is -0.396 e. The summed E-state index contributed by atoms with van der Waals surface area (Å²) >= 11 is 0. The molecule has 3 heterocycles. The molecule has 2 N–H and O–H groups in total. The molecule has 1 aromatic heterocycles. The van der Waals surface area contributed by atoms with Crippen molar-refractivity contribution in [3.63, 3.8) is 0 Å². The van der Waals surface area contributed by atoms with E-state index in [1.165, 1.54) is 48.9 Å².